The Morgan fingerprint density at radius 3 is 2.56 bits per heavy atom. The topological polar surface area (TPSA) is 67.2 Å². The van der Waals surface area contributed by atoms with Crippen molar-refractivity contribution >= 4 is 19.7 Å². The van der Waals surface area contributed by atoms with E-state index in [1.165, 1.54) is 0 Å². The molecule has 4 nitrogen and oxygen atoms in total. The van der Waals surface area contributed by atoms with Gasteiger partial charge in [0.1, 0.15) is 16.8 Å². The van der Waals surface area contributed by atoms with E-state index in [1.54, 1.807) is 13.0 Å². The first-order valence-corrected chi connectivity index (χ1v) is 7.10. The smallest absolute Gasteiger partial charge is 0.265 e. The van der Waals surface area contributed by atoms with E-state index >= 15 is 0 Å². The monoisotopic (exact) mass is 295 g/mol. The predicted octanol–water partition coefficient (Wildman–Crippen LogP) is 2.57. The van der Waals surface area contributed by atoms with E-state index in [0.29, 0.717) is 12.1 Å². The summed E-state index contributed by atoms with van der Waals surface area (Å²) in [6.45, 7) is 1.59. The molecule has 0 saturated heterocycles. The average molecular weight is 296 g/mol. The number of benzene rings is 1. The van der Waals surface area contributed by atoms with E-state index in [2.05, 4.69) is 0 Å². The standard InChI is InChI=1S/C10H8ClF2NO3S/c1-2-7(5-14)17-10-8(13)3-6(12)4-9(10)18(11,15)16/h3-4,7H,2H2,1H3. The predicted molar refractivity (Wildman–Crippen MR) is 59.7 cm³/mol. The molecule has 0 fully saturated rings. The van der Waals surface area contributed by atoms with Crippen molar-refractivity contribution in [1.82, 2.24) is 0 Å². The summed E-state index contributed by atoms with van der Waals surface area (Å²) < 4.78 is 53.7. The molecule has 1 unspecified atom stereocenters. The maximum absolute atomic E-state index is 13.5. The zero-order valence-electron chi connectivity index (χ0n) is 9.15. The second-order valence-corrected chi connectivity index (χ2v) is 5.83. The van der Waals surface area contributed by atoms with Gasteiger partial charge in [0.25, 0.3) is 9.05 Å². The molecule has 1 aromatic rings. The van der Waals surface area contributed by atoms with Crippen LogP contribution in [0.4, 0.5) is 8.78 Å². The third-order valence-electron chi connectivity index (χ3n) is 2.01. The van der Waals surface area contributed by atoms with Crippen LogP contribution in [0.5, 0.6) is 5.75 Å². The lowest BCUT2D eigenvalue weighted by molar-refractivity contribution is 0.232. The Bertz CT molecular complexity index is 598. The normalized spacial score (nSPS) is 12.8. The third kappa shape index (κ3) is 3.31. The van der Waals surface area contributed by atoms with Gasteiger partial charge in [-0.25, -0.2) is 17.2 Å². The molecule has 1 rings (SSSR count). The number of hydrogen-bond donors (Lipinski definition) is 0. The third-order valence-corrected chi connectivity index (χ3v) is 3.34. The first-order valence-electron chi connectivity index (χ1n) is 4.79. The summed E-state index contributed by atoms with van der Waals surface area (Å²) in [5.41, 5.74) is 0. The first-order chi connectivity index (χ1) is 8.29. The van der Waals surface area contributed by atoms with Gasteiger partial charge in [-0.05, 0) is 12.5 Å². The number of nitriles is 1. The van der Waals surface area contributed by atoms with E-state index in [9.17, 15) is 17.2 Å². The van der Waals surface area contributed by atoms with Gasteiger partial charge in [-0.1, -0.05) is 6.92 Å². The van der Waals surface area contributed by atoms with E-state index in [0.717, 1.165) is 0 Å². The molecular formula is C10H8ClF2NO3S. The van der Waals surface area contributed by atoms with Crippen LogP contribution >= 0.6 is 10.7 Å². The Hall–Kier alpha value is -1.39. The fourth-order valence-corrected chi connectivity index (χ4v) is 2.14. The Balaban J connectivity index is 3.39. The van der Waals surface area contributed by atoms with Crippen LogP contribution in [0.15, 0.2) is 17.0 Å². The molecule has 0 aliphatic heterocycles. The van der Waals surface area contributed by atoms with E-state index in [-0.39, 0.29) is 6.42 Å². The highest BCUT2D eigenvalue weighted by Crippen LogP contribution is 2.31. The molecule has 0 aliphatic carbocycles. The maximum atomic E-state index is 13.5. The van der Waals surface area contributed by atoms with Crippen molar-refractivity contribution in [3.63, 3.8) is 0 Å². The van der Waals surface area contributed by atoms with Crippen LogP contribution in [0.1, 0.15) is 13.3 Å². The molecule has 8 heteroatoms. The number of rotatable bonds is 4. The second kappa shape index (κ2) is 5.50. The quantitative estimate of drug-likeness (QED) is 0.801. The van der Waals surface area contributed by atoms with Gasteiger partial charge < -0.3 is 4.74 Å². The lowest BCUT2D eigenvalue weighted by Crippen LogP contribution is -2.15. The van der Waals surface area contributed by atoms with Crippen LogP contribution in [0.3, 0.4) is 0 Å². The van der Waals surface area contributed by atoms with Crippen molar-refractivity contribution in [3.8, 4) is 11.8 Å². The lowest BCUT2D eigenvalue weighted by atomic mass is 10.3. The van der Waals surface area contributed by atoms with Crippen LogP contribution in [0, 0.1) is 23.0 Å². The fraction of sp³-hybridized carbons (Fsp3) is 0.300. The highest BCUT2D eigenvalue weighted by molar-refractivity contribution is 8.13. The highest BCUT2D eigenvalue weighted by atomic mass is 35.7. The molecule has 1 atom stereocenters. The minimum absolute atomic E-state index is 0.203. The summed E-state index contributed by atoms with van der Waals surface area (Å²) in [5.74, 6) is -3.09. The average Bonchev–Trinajstić information content (AvgIpc) is 2.26. The minimum atomic E-state index is -4.38. The summed E-state index contributed by atoms with van der Waals surface area (Å²) in [6.07, 6.45) is -0.850. The van der Waals surface area contributed by atoms with Crippen molar-refractivity contribution in [2.45, 2.75) is 24.3 Å². The molecule has 0 N–H and O–H groups in total. The van der Waals surface area contributed by atoms with Crippen LogP contribution in [0.2, 0.25) is 0 Å². The van der Waals surface area contributed by atoms with Gasteiger partial charge in [0.15, 0.2) is 17.7 Å². The van der Waals surface area contributed by atoms with Gasteiger partial charge in [-0.3, -0.25) is 0 Å². The van der Waals surface area contributed by atoms with Crippen molar-refractivity contribution in [2.75, 3.05) is 0 Å². The van der Waals surface area contributed by atoms with Crippen molar-refractivity contribution in [2.24, 2.45) is 0 Å². The Labute approximate surface area is 107 Å². The molecule has 0 spiro atoms. The Morgan fingerprint density at radius 2 is 2.11 bits per heavy atom. The van der Waals surface area contributed by atoms with Gasteiger partial charge in [-0.2, -0.15) is 5.26 Å². The van der Waals surface area contributed by atoms with Gasteiger partial charge in [0.2, 0.25) is 0 Å². The Morgan fingerprint density at radius 1 is 1.50 bits per heavy atom. The van der Waals surface area contributed by atoms with Gasteiger partial charge in [0, 0.05) is 16.7 Å². The molecule has 0 aliphatic rings. The van der Waals surface area contributed by atoms with Crippen LogP contribution < -0.4 is 4.74 Å². The molecule has 98 valence electrons. The first kappa shape index (κ1) is 14.7. The zero-order valence-corrected chi connectivity index (χ0v) is 10.7. The molecule has 0 bridgehead atoms. The maximum Gasteiger partial charge on any atom is 0.265 e. The van der Waals surface area contributed by atoms with Crippen LogP contribution in [-0.2, 0) is 9.05 Å². The molecule has 0 saturated carbocycles. The fourth-order valence-electron chi connectivity index (χ4n) is 1.18. The van der Waals surface area contributed by atoms with Crippen molar-refractivity contribution < 1.29 is 21.9 Å². The van der Waals surface area contributed by atoms with Gasteiger partial charge in [-0.15, -0.1) is 0 Å². The molecule has 0 radical (unpaired) electrons. The van der Waals surface area contributed by atoms with E-state index < -0.39 is 37.4 Å². The number of ether oxygens (including phenoxy) is 1. The zero-order chi connectivity index (χ0) is 13.9. The van der Waals surface area contributed by atoms with E-state index in [4.69, 9.17) is 20.7 Å². The van der Waals surface area contributed by atoms with Crippen molar-refractivity contribution in [3.05, 3.63) is 23.8 Å². The highest BCUT2D eigenvalue weighted by Gasteiger charge is 2.24. The summed E-state index contributed by atoms with van der Waals surface area (Å²) in [7, 11) is 0.671. The molecule has 0 aromatic heterocycles. The summed E-state index contributed by atoms with van der Waals surface area (Å²) in [5, 5.41) is 8.67. The van der Waals surface area contributed by atoms with Crippen LogP contribution in [-0.4, -0.2) is 14.5 Å². The van der Waals surface area contributed by atoms with E-state index in [1.807, 2.05) is 0 Å². The molecule has 18 heavy (non-hydrogen) atoms. The molecule has 1 aromatic carbocycles. The number of halogens is 3. The Kier molecular flexibility index (Phi) is 4.48. The molecular weight excluding hydrogens is 288 g/mol. The molecule has 0 heterocycles. The number of nitrogens with zero attached hydrogens (tertiary/aromatic N) is 1. The van der Waals surface area contributed by atoms with Crippen molar-refractivity contribution in [1.29, 1.82) is 5.26 Å². The van der Waals surface area contributed by atoms with Gasteiger partial charge >= 0.3 is 0 Å². The number of hydrogen-bond acceptors (Lipinski definition) is 4. The van der Waals surface area contributed by atoms with Crippen LogP contribution in [0.25, 0.3) is 0 Å². The summed E-state index contributed by atoms with van der Waals surface area (Å²) in [6, 6.07) is 2.68. The second-order valence-electron chi connectivity index (χ2n) is 3.30. The largest absolute Gasteiger partial charge is 0.471 e. The molecule has 0 amide bonds. The lowest BCUT2D eigenvalue weighted by Gasteiger charge is -2.13. The van der Waals surface area contributed by atoms with Gasteiger partial charge in [0.05, 0.1) is 0 Å². The summed E-state index contributed by atoms with van der Waals surface area (Å²) >= 11 is 0. The minimum Gasteiger partial charge on any atom is -0.471 e. The summed E-state index contributed by atoms with van der Waals surface area (Å²) in [4.78, 5) is -0.838. The SMILES string of the molecule is CCC(C#N)Oc1c(F)cc(F)cc1S(=O)(=O)Cl.